The molecule has 6 heteroatoms. The first-order valence-electron chi connectivity index (χ1n) is 1.86. The average molecular weight is 238 g/mol. The summed E-state index contributed by atoms with van der Waals surface area (Å²) >= 11 is 0. The number of carbonyl (C=O) groups is 2. The van der Waals surface area contributed by atoms with E-state index in [4.69, 9.17) is 19.8 Å². The molecule has 2 radical (unpaired) electrons. The second kappa shape index (κ2) is 16.0. The molecule has 0 aliphatic carbocycles. The zero-order valence-corrected chi connectivity index (χ0v) is 7.46. The maximum atomic E-state index is 9.00. The molecule has 0 bridgehead atoms. The molecule has 0 heterocycles. The van der Waals surface area contributed by atoms with Crippen LogP contribution in [-0.2, 0) is 43.1 Å². The zero-order valence-electron chi connectivity index (χ0n) is 5.38. The Labute approximate surface area is 79.4 Å². The van der Waals surface area contributed by atoms with E-state index in [2.05, 4.69) is 0 Å². The van der Waals surface area contributed by atoms with Crippen molar-refractivity contribution in [1.29, 1.82) is 0 Å². The van der Waals surface area contributed by atoms with E-state index >= 15 is 0 Å². The van der Waals surface area contributed by atoms with Crippen LogP contribution in [-0.4, -0.2) is 22.2 Å². The molecule has 0 aliphatic heterocycles. The third-order valence-corrected chi connectivity index (χ3v) is 0. The predicted octanol–water partition coefficient (Wildman–Crippen LogP) is 0.177. The summed E-state index contributed by atoms with van der Waals surface area (Å²) in [6.45, 7) is 2.17. The molecule has 0 spiro atoms. The van der Waals surface area contributed by atoms with Crippen LogP contribution in [0.3, 0.4) is 0 Å². The van der Waals surface area contributed by atoms with Gasteiger partial charge in [-0.15, -0.1) is 0 Å². The molecule has 0 aromatic rings. The number of carboxylic acid groups (broad SMARTS) is 2. The summed E-state index contributed by atoms with van der Waals surface area (Å²) in [6.07, 6.45) is 0. The van der Waals surface area contributed by atoms with Gasteiger partial charge in [-0.3, -0.25) is 9.59 Å². The first-order valence-corrected chi connectivity index (χ1v) is 1.86. The van der Waals surface area contributed by atoms with Gasteiger partial charge in [0.05, 0.1) is 0 Å². The van der Waals surface area contributed by atoms with E-state index in [9.17, 15) is 0 Å². The number of carboxylic acids is 2. The van der Waals surface area contributed by atoms with Gasteiger partial charge in [0, 0.05) is 47.4 Å². The normalized spacial score (nSPS) is 5.00. The summed E-state index contributed by atoms with van der Waals surface area (Å²) in [5, 5.41) is 14.8. The fourth-order valence-corrected chi connectivity index (χ4v) is 0. The molecule has 0 fully saturated rings. The maximum absolute atomic E-state index is 9.00. The molecule has 10 heavy (non-hydrogen) atoms. The van der Waals surface area contributed by atoms with Crippen LogP contribution in [0.1, 0.15) is 13.8 Å². The molecule has 0 aromatic heterocycles. The van der Waals surface area contributed by atoms with Gasteiger partial charge in [-0.2, -0.15) is 0 Å². The Balaban J connectivity index is -0.0000000300. The van der Waals surface area contributed by atoms with Crippen molar-refractivity contribution in [1.82, 2.24) is 0 Å². The van der Waals surface area contributed by atoms with Gasteiger partial charge in [0.2, 0.25) is 0 Å². The summed E-state index contributed by atoms with van der Waals surface area (Å²) < 4.78 is 0. The van der Waals surface area contributed by atoms with Crippen LogP contribution in [0.5, 0.6) is 0 Å². The van der Waals surface area contributed by atoms with Crippen LogP contribution < -0.4 is 0 Å². The topological polar surface area (TPSA) is 74.6 Å². The van der Waals surface area contributed by atoms with Crippen LogP contribution >= 0.6 is 0 Å². The van der Waals surface area contributed by atoms with Crippen LogP contribution in [0.15, 0.2) is 0 Å². The van der Waals surface area contributed by atoms with Gasteiger partial charge in [0.15, 0.2) is 0 Å². The summed E-state index contributed by atoms with van der Waals surface area (Å²) in [4.78, 5) is 18.0. The van der Waals surface area contributed by atoms with Crippen molar-refractivity contribution in [3.05, 3.63) is 0 Å². The minimum absolute atomic E-state index is 0. The Bertz CT molecular complexity index is 73.3. The Hall–Kier alpha value is -0.0470. The molecule has 0 saturated carbocycles. The van der Waals surface area contributed by atoms with Gasteiger partial charge >= 0.3 is 0 Å². The van der Waals surface area contributed by atoms with E-state index in [0.717, 1.165) is 13.8 Å². The predicted molar refractivity (Wildman–Crippen MR) is 26.6 cm³/mol. The van der Waals surface area contributed by atoms with Crippen LogP contribution in [0.4, 0.5) is 0 Å². The third-order valence-electron chi connectivity index (χ3n) is 0. The Morgan fingerprint density at radius 2 is 0.900 bits per heavy atom. The Morgan fingerprint density at radius 1 is 0.900 bits per heavy atom. The van der Waals surface area contributed by atoms with Crippen molar-refractivity contribution in [3.8, 4) is 0 Å². The van der Waals surface area contributed by atoms with Crippen LogP contribution in [0.2, 0.25) is 0 Å². The smallest absolute Gasteiger partial charge is 0.300 e. The standard InChI is InChI=1S/2C2H4O2.2Co/c2*1-2(3)4;;/h2*1H3,(H,3,4);;. The van der Waals surface area contributed by atoms with E-state index in [0.29, 0.717) is 0 Å². The minimum atomic E-state index is -0.833. The third kappa shape index (κ3) is 174000. The monoisotopic (exact) mass is 238 g/mol. The first-order chi connectivity index (χ1) is 3.46. The number of rotatable bonds is 0. The van der Waals surface area contributed by atoms with E-state index < -0.39 is 11.9 Å². The molecule has 0 atom stereocenters. The quantitative estimate of drug-likeness (QED) is 0.631. The average Bonchev–Trinajstić information content (AvgIpc) is 1.25. The molecule has 2 N–H and O–H groups in total. The summed E-state index contributed by atoms with van der Waals surface area (Å²) in [7, 11) is 0. The summed E-state index contributed by atoms with van der Waals surface area (Å²) in [5.74, 6) is -1.67. The Kier molecular flexibility index (Phi) is 36.0. The van der Waals surface area contributed by atoms with Crippen LogP contribution in [0, 0.1) is 0 Å². The first kappa shape index (κ1) is 22.5. The second-order valence-electron chi connectivity index (χ2n) is 1.04. The molecular weight excluding hydrogens is 230 g/mol. The van der Waals surface area contributed by atoms with Crippen LogP contribution in [0.25, 0.3) is 0 Å². The van der Waals surface area contributed by atoms with Crippen molar-refractivity contribution < 1.29 is 53.4 Å². The van der Waals surface area contributed by atoms with E-state index in [1.807, 2.05) is 0 Å². The fourth-order valence-electron chi connectivity index (χ4n) is 0. The number of aliphatic carboxylic acids is 2. The van der Waals surface area contributed by atoms with Gasteiger partial charge in [0.1, 0.15) is 0 Å². The van der Waals surface area contributed by atoms with E-state index in [1.165, 1.54) is 0 Å². The Morgan fingerprint density at radius 3 is 0.900 bits per heavy atom. The minimum Gasteiger partial charge on any atom is -0.481 e. The van der Waals surface area contributed by atoms with Gasteiger partial charge in [-0.1, -0.05) is 0 Å². The van der Waals surface area contributed by atoms with Gasteiger partial charge in [-0.05, 0) is 0 Å². The van der Waals surface area contributed by atoms with E-state index in [1.54, 1.807) is 0 Å². The largest absolute Gasteiger partial charge is 0.481 e. The summed E-state index contributed by atoms with van der Waals surface area (Å²) in [5.41, 5.74) is 0. The molecule has 0 amide bonds. The molecule has 66 valence electrons. The van der Waals surface area contributed by atoms with Crippen molar-refractivity contribution in [2.45, 2.75) is 13.8 Å². The van der Waals surface area contributed by atoms with Gasteiger partial charge in [0.25, 0.3) is 11.9 Å². The van der Waals surface area contributed by atoms with Crippen molar-refractivity contribution >= 4 is 11.9 Å². The van der Waals surface area contributed by atoms with Crippen molar-refractivity contribution in [3.63, 3.8) is 0 Å². The molecule has 0 rings (SSSR count). The SMILES string of the molecule is CC(=O)O.CC(=O)O.[Co].[Co]. The maximum Gasteiger partial charge on any atom is 0.300 e. The number of hydrogen-bond acceptors (Lipinski definition) is 2. The van der Waals surface area contributed by atoms with Crippen molar-refractivity contribution in [2.24, 2.45) is 0 Å². The molecule has 4 nitrogen and oxygen atoms in total. The second-order valence-corrected chi connectivity index (χ2v) is 1.04. The molecule has 0 aromatic carbocycles. The molecule has 0 saturated heterocycles. The van der Waals surface area contributed by atoms with Crippen molar-refractivity contribution in [2.75, 3.05) is 0 Å². The zero-order chi connectivity index (χ0) is 7.15. The molecule has 0 aliphatic rings. The van der Waals surface area contributed by atoms with E-state index in [-0.39, 0.29) is 33.6 Å². The number of hydrogen-bond donors (Lipinski definition) is 2. The fraction of sp³-hybridized carbons (Fsp3) is 0.500. The van der Waals surface area contributed by atoms with Gasteiger partial charge < -0.3 is 10.2 Å². The summed E-state index contributed by atoms with van der Waals surface area (Å²) in [6, 6.07) is 0. The van der Waals surface area contributed by atoms with Gasteiger partial charge in [-0.25, -0.2) is 0 Å². The molecule has 0 unspecified atom stereocenters. The molecular formula is C4H8Co2O4.